The molecule has 3 fully saturated rings. The van der Waals surface area contributed by atoms with Gasteiger partial charge in [-0.05, 0) is 49.9 Å². The molecule has 2 N–H and O–H groups in total. The zero-order chi connectivity index (χ0) is 20.6. The summed E-state index contributed by atoms with van der Waals surface area (Å²) >= 11 is 0. The molecule has 29 heavy (non-hydrogen) atoms. The number of sulfonamides is 1. The summed E-state index contributed by atoms with van der Waals surface area (Å²) in [6.07, 6.45) is 2.92. The first-order valence-corrected chi connectivity index (χ1v) is 11.7. The van der Waals surface area contributed by atoms with Crippen LogP contribution in [0.1, 0.15) is 25.7 Å². The van der Waals surface area contributed by atoms with E-state index in [1.807, 2.05) is 24.3 Å². The van der Waals surface area contributed by atoms with Crippen molar-refractivity contribution in [2.75, 3.05) is 51.3 Å². The van der Waals surface area contributed by atoms with E-state index in [2.05, 4.69) is 9.80 Å². The maximum absolute atomic E-state index is 13.5. The normalized spacial score (nSPS) is 23.7. The second-order valence-corrected chi connectivity index (χ2v) is 10.5. The van der Waals surface area contributed by atoms with E-state index in [1.54, 1.807) is 7.11 Å². The lowest BCUT2D eigenvalue weighted by atomic mass is 9.95. The van der Waals surface area contributed by atoms with Gasteiger partial charge in [0, 0.05) is 51.0 Å². The van der Waals surface area contributed by atoms with E-state index in [9.17, 15) is 13.2 Å². The fourth-order valence-electron chi connectivity index (χ4n) is 4.55. The number of piperidine rings is 1. The van der Waals surface area contributed by atoms with Crippen LogP contribution in [0.25, 0.3) is 0 Å². The van der Waals surface area contributed by atoms with Gasteiger partial charge < -0.3 is 20.3 Å². The number of nitrogens with zero attached hydrogens (tertiary/aromatic N) is 3. The molecule has 1 aromatic carbocycles. The quantitative estimate of drug-likeness (QED) is 0.722. The molecule has 8 nitrogen and oxygen atoms in total. The van der Waals surface area contributed by atoms with Crippen molar-refractivity contribution in [3.8, 4) is 5.75 Å². The molecule has 2 saturated heterocycles. The molecule has 0 unspecified atom stereocenters. The zero-order valence-corrected chi connectivity index (χ0v) is 17.7. The number of likely N-dealkylation sites (tertiary alicyclic amines) is 1. The van der Waals surface area contributed by atoms with E-state index in [-0.39, 0.29) is 0 Å². The molecule has 4 rings (SSSR count). The number of benzene rings is 1. The van der Waals surface area contributed by atoms with Gasteiger partial charge in [-0.25, -0.2) is 8.42 Å². The van der Waals surface area contributed by atoms with Gasteiger partial charge in [0.1, 0.15) is 5.75 Å². The molecule has 1 aromatic rings. The monoisotopic (exact) mass is 422 g/mol. The highest BCUT2D eigenvalue weighted by molar-refractivity contribution is 7.91. The maximum atomic E-state index is 13.5. The zero-order valence-electron chi connectivity index (χ0n) is 16.9. The molecule has 0 bridgehead atoms. The molecule has 1 amide bonds. The third-order valence-electron chi connectivity index (χ3n) is 6.63. The molecule has 2 heterocycles. The SMILES string of the molecule is COc1ccc(N2CCN(S(=O)(=O)C3(C(N)=O)CCN(C4CC4)CC3)CC2)cc1. The number of rotatable bonds is 6. The van der Waals surface area contributed by atoms with E-state index in [4.69, 9.17) is 10.5 Å². The highest BCUT2D eigenvalue weighted by Gasteiger charge is 2.54. The van der Waals surface area contributed by atoms with E-state index >= 15 is 0 Å². The van der Waals surface area contributed by atoms with Crippen molar-refractivity contribution in [2.24, 2.45) is 5.73 Å². The first-order valence-electron chi connectivity index (χ1n) is 10.3. The Hall–Kier alpha value is -1.84. The number of piperazine rings is 1. The third-order valence-corrected chi connectivity index (χ3v) is 9.27. The van der Waals surface area contributed by atoms with Crippen molar-refractivity contribution < 1.29 is 17.9 Å². The number of ether oxygens (including phenoxy) is 1. The molecule has 0 atom stereocenters. The van der Waals surface area contributed by atoms with Crippen molar-refractivity contribution in [2.45, 2.75) is 36.5 Å². The highest BCUT2D eigenvalue weighted by atomic mass is 32.2. The highest BCUT2D eigenvalue weighted by Crippen LogP contribution is 2.38. The lowest BCUT2D eigenvalue weighted by Crippen LogP contribution is -2.63. The minimum Gasteiger partial charge on any atom is -0.497 e. The number of amides is 1. The van der Waals surface area contributed by atoms with Crippen molar-refractivity contribution >= 4 is 21.6 Å². The van der Waals surface area contributed by atoms with Crippen LogP contribution in [-0.2, 0) is 14.8 Å². The van der Waals surface area contributed by atoms with E-state index < -0.39 is 20.7 Å². The number of anilines is 1. The minimum absolute atomic E-state index is 0.292. The Balaban J connectivity index is 1.44. The Morgan fingerprint density at radius 2 is 1.62 bits per heavy atom. The van der Waals surface area contributed by atoms with E-state index in [1.165, 1.54) is 17.1 Å². The molecule has 160 valence electrons. The van der Waals surface area contributed by atoms with Crippen LogP contribution < -0.4 is 15.4 Å². The van der Waals surface area contributed by atoms with Crippen molar-refractivity contribution in [3.05, 3.63) is 24.3 Å². The van der Waals surface area contributed by atoms with E-state index in [0.29, 0.717) is 58.2 Å². The lowest BCUT2D eigenvalue weighted by molar-refractivity contribution is -0.121. The summed E-state index contributed by atoms with van der Waals surface area (Å²) in [6.45, 7) is 3.12. The molecule has 2 aliphatic heterocycles. The second kappa shape index (κ2) is 7.77. The predicted octanol–water partition coefficient (Wildman–Crippen LogP) is 0.629. The fourth-order valence-corrected chi connectivity index (χ4v) is 6.64. The molecule has 1 aliphatic carbocycles. The average molecular weight is 423 g/mol. The van der Waals surface area contributed by atoms with Crippen LogP contribution in [0.5, 0.6) is 5.75 Å². The van der Waals surface area contributed by atoms with E-state index in [0.717, 1.165) is 11.4 Å². The third kappa shape index (κ3) is 3.71. The summed E-state index contributed by atoms with van der Waals surface area (Å²) in [7, 11) is -2.18. The summed E-state index contributed by atoms with van der Waals surface area (Å²) < 4.78 is 32.2. The first kappa shape index (κ1) is 20.4. The summed E-state index contributed by atoms with van der Waals surface area (Å²) in [5.41, 5.74) is 6.72. The van der Waals surface area contributed by atoms with Crippen molar-refractivity contribution in [1.82, 2.24) is 9.21 Å². The smallest absolute Gasteiger partial charge is 0.240 e. The van der Waals surface area contributed by atoms with Gasteiger partial charge in [-0.15, -0.1) is 0 Å². The van der Waals surface area contributed by atoms with Crippen LogP contribution in [0.15, 0.2) is 24.3 Å². The number of hydrogen-bond donors (Lipinski definition) is 1. The van der Waals surface area contributed by atoms with Gasteiger partial charge in [0.05, 0.1) is 7.11 Å². The Morgan fingerprint density at radius 3 is 2.10 bits per heavy atom. The Morgan fingerprint density at radius 1 is 1.03 bits per heavy atom. The molecule has 1 saturated carbocycles. The number of carbonyl (C=O) groups excluding carboxylic acids is 1. The summed E-state index contributed by atoms with van der Waals surface area (Å²) in [4.78, 5) is 16.8. The van der Waals surface area contributed by atoms with Crippen molar-refractivity contribution in [1.29, 1.82) is 0 Å². The summed E-state index contributed by atoms with van der Waals surface area (Å²) in [5.74, 6) is 0.0847. The Bertz CT molecular complexity index is 838. The predicted molar refractivity (Wildman–Crippen MR) is 111 cm³/mol. The molecule has 0 radical (unpaired) electrons. The largest absolute Gasteiger partial charge is 0.497 e. The molecular weight excluding hydrogens is 392 g/mol. The number of hydrogen-bond acceptors (Lipinski definition) is 6. The van der Waals surface area contributed by atoms with Gasteiger partial charge in [0.2, 0.25) is 15.9 Å². The molecule has 0 spiro atoms. The maximum Gasteiger partial charge on any atom is 0.240 e. The van der Waals surface area contributed by atoms with Gasteiger partial charge in [-0.1, -0.05) is 0 Å². The molecular formula is C20H30N4O4S. The van der Waals surface area contributed by atoms with Gasteiger partial charge in [-0.3, -0.25) is 4.79 Å². The molecule has 3 aliphatic rings. The van der Waals surface area contributed by atoms with Crippen molar-refractivity contribution in [3.63, 3.8) is 0 Å². The Kier molecular flexibility index (Phi) is 5.48. The average Bonchev–Trinajstić information content (AvgIpc) is 3.59. The Labute approximate surface area is 172 Å². The number of methoxy groups -OCH3 is 1. The number of primary amides is 1. The van der Waals surface area contributed by atoms with Crippen LogP contribution >= 0.6 is 0 Å². The van der Waals surface area contributed by atoms with Crippen LogP contribution in [0.4, 0.5) is 5.69 Å². The summed E-state index contributed by atoms with van der Waals surface area (Å²) in [6, 6.07) is 8.31. The number of carbonyl (C=O) groups is 1. The number of nitrogens with two attached hydrogens (primary N) is 1. The van der Waals surface area contributed by atoms with Gasteiger partial charge >= 0.3 is 0 Å². The van der Waals surface area contributed by atoms with Gasteiger partial charge in [0.25, 0.3) is 0 Å². The van der Waals surface area contributed by atoms with Crippen LogP contribution in [0.2, 0.25) is 0 Å². The standard InChI is InChI=1S/C20H30N4O4S/c1-28-18-6-4-17(5-7-18)23-12-14-24(15-13-23)29(26,27)20(19(21)25)8-10-22(11-9-20)16-2-3-16/h4-7,16H,2-3,8-15H2,1H3,(H2,21,25). The summed E-state index contributed by atoms with van der Waals surface area (Å²) in [5, 5.41) is 0. The lowest BCUT2D eigenvalue weighted by Gasteiger charge is -2.44. The minimum atomic E-state index is -3.81. The van der Waals surface area contributed by atoms with Crippen LogP contribution in [-0.4, -0.2) is 80.7 Å². The van der Waals surface area contributed by atoms with Gasteiger partial charge in [0.15, 0.2) is 4.75 Å². The second-order valence-electron chi connectivity index (χ2n) is 8.21. The first-order chi connectivity index (χ1) is 13.9. The molecule has 9 heteroatoms. The molecule has 0 aromatic heterocycles. The van der Waals surface area contributed by atoms with Crippen LogP contribution in [0, 0.1) is 0 Å². The van der Waals surface area contributed by atoms with Gasteiger partial charge in [-0.2, -0.15) is 4.31 Å². The topological polar surface area (TPSA) is 96.2 Å². The fraction of sp³-hybridized carbons (Fsp3) is 0.650. The van der Waals surface area contributed by atoms with Crippen LogP contribution in [0.3, 0.4) is 0 Å².